The predicted molar refractivity (Wildman–Crippen MR) is 54.5 cm³/mol. The lowest BCUT2D eigenvalue weighted by molar-refractivity contribution is 0.318. The molecule has 0 aliphatic rings. The summed E-state index contributed by atoms with van der Waals surface area (Å²) in [5.41, 5.74) is 6.67. The van der Waals surface area contributed by atoms with Gasteiger partial charge in [0.15, 0.2) is 5.84 Å². The molecule has 4 heteroatoms. The van der Waals surface area contributed by atoms with Gasteiger partial charge in [0.05, 0.1) is 0 Å². The summed E-state index contributed by atoms with van der Waals surface area (Å²) in [5, 5.41) is 20.8. The van der Waals surface area contributed by atoms with Crippen LogP contribution in [0.4, 0.5) is 0 Å². The zero-order chi connectivity index (χ0) is 10.6. The molecule has 0 saturated carbocycles. The van der Waals surface area contributed by atoms with Gasteiger partial charge in [-0.25, -0.2) is 0 Å². The van der Waals surface area contributed by atoms with Crippen molar-refractivity contribution in [2.24, 2.45) is 10.9 Å². The largest absolute Gasteiger partial charge is 0.508 e. The van der Waals surface area contributed by atoms with Gasteiger partial charge in [0.1, 0.15) is 5.75 Å². The van der Waals surface area contributed by atoms with Crippen molar-refractivity contribution in [3.63, 3.8) is 0 Å². The summed E-state index contributed by atoms with van der Waals surface area (Å²) in [6.45, 7) is 3.57. The number of allylic oxidation sites excluding steroid dienone is 1. The van der Waals surface area contributed by atoms with Crippen LogP contribution in [-0.2, 0) is 6.42 Å². The molecule has 0 aromatic heterocycles. The molecule has 14 heavy (non-hydrogen) atoms. The number of benzene rings is 1. The Morgan fingerprint density at radius 3 is 2.86 bits per heavy atom. The number of hydrogen-bond acceptors (Lipinski definition) is 3. The van der Waals surface area contributed by atoms with E-state index in [1.807, 2.05) is 0 Å². The zero-order valence-electron chi connectivity index (χ0n) is 7.64. The maximum absolute atomic E-state index is 9.43. The van der Waals surface area contributed by atoms with E-state index in [4.69, 9.17) is 10.9 Å². The van der Waals surface area contributed by atoms with E-state index in [1.54, 1.807) is 18.2 Å². The summed E-state index contributed by atoms with van der Waals surface area (Å²) in [7, 11) is 0. The zero-order valence-corrected chi connectivity index (χ0v) is 7.64. The third-order valence-corrected chi connectivity index (χ3v) is 1.85. The Balaban J connectivity index is 3.12. The van der Waals surface area contributed by atoms with Crippen molar-refractivity contribution in [3.05, 3.63) is 42.0 Å². The Kier molecular flexibility index (Phi) is 3.12. The minimum Gasteiger partial charge on any atom is -0.508 e. The Morgan fingerprint density at radius 1 is 1.57 bits per heavy atom. The van der Waals surface area contributed by atoms with Crippen LogP contribution in [0.25, 0.3) is 0 Å². The number of amidine groups is 1. The van der Waals surface area contributed by atoms with Crippen molar-refractivity contribution < 1.29 is 10.3 Å². The number of aromatic hydroxyl groups is 1. The van der Waals surface area contributed by atoms with Crippen LogP contribution in [0.3, 0.4) is 0 Å². The first kappa shape index (κ1) is 10.1. The summed E-state index contributed by atoms with van der Waals surface area (Å²) in [5.74, 6) is 0.203. The SMILES string of the molecule is C=CCc1cc(C(N)=NO)ccc1O. The maximum atomic E-state index is 9.43. The predicted octanol–water partition coefficient (Wildman–Crippen LogP) is 1.22. The Morgan fingerprint density at radius 2 is 2.29 bits per heavy atom. The van der Waals surface area contributed by atoms with Crippen molar-refractivity contribution in [1.82, 2.24) is 0 Å². The van der Waals surface area contributed by atoms with Gasteiger partial charge in [0, 0.05) is 5.56 Å². The molecule has 1 rings (SSSR count). The smallest absolute Gasteiger partial charge is 0.170 e. The number of rotatable bonds is 3. The lowest BCUT2D eigenvalue weighted by Gasteiger charge is -2.04. The van der Waals surface area contributed by atoms with Crippen LogP contribution in [0.15, 0.2) is 36.0 Å². The normalized spacial score (nSPS) is 11.3. The second kappa shape index (κ2) is 4.32. The molecule has 0 radical (unpaired) electrons. The monoisotopic (exact) mass is 192 g/mol. The van der Waals surface area contributed by atoms with Crippen LogP contribution in [0.1, 0.15) is 11.1 Å². The van der Waals surface area contributed by atoms with Gasteiger partial charge in [-0.2, -0.15) is 0 Å². The topological polar surface area (TPSA) is 78.8 Å². The molecule has 0 fully saturated rings. The van der Waals surface area contributed by atoms with E-state index in [0.717, 1.165) is 0 Å². The van der Waals surface area contributed by atoms with Gasteiger partial charge in [0.25, 0.3) is 0 Å². The molecule has 0 spiro atoms. The first-order chi connectivity index (χ1) is 6.69. The van der Waals surface area contributed by atoms with E-state index in [9.17, 15) is 5.11 Å². The number of phenols is 1. The Labute approximate surface area is 82.0 Å². The fourth-order valence-electron chi connectivity index (χ4n) is 1.12. The summed E-state index contributed by atoms with van der Waals surface area (Å²) in [4.78, 5) is 0. The fourth-order valence-corrected chi connectivity index (χ4v) is 1.12. The molecule has 4 nitrogen and oxygen atoms in total. The molecule has 0 aliphatic carbocycles. The molecule has 0 unspecified atom stereocenters. The van der Waals surface area contributed by atoms with Crippen molar-refractivity contribution in [2.75, 3.05) is 0 Å². The molecule has 0 amide bonds. The average Bonchev–Trinajstić information content (AvgIpc) is 2.20. The van der Waals surface area contributed by atoms with E-state index < -0.39 is 0 Å². The molecule has 0 saturated heterocycles. The Bertz CT molecular complexity index is 372. The molecule has 74 valence electrons. The van der Waals surface area contributed by atoms with Crippen LogP contribution >= 0.6 is 0 Å². The van der Waals surface area contributed by atoms with E-state index in [-0.39, 0.29) is 11.6 Å². The average molecular weight is 192 g/mol. The molecule has 1 aromatic rings. The highest BCUT2D eigenvalue weighted by atomic mass is 16.4. The van der Waals surface area contributed by atoms with E-state index in [1.165, 1.54) is 6.07 Å². The van der Waals surface area contributed by atoms with E-state index in [0.29, 0.717) is 17.5 Å². The fraction of sp³-hybridized carbons (Fsp3) is 0.100. The van der Waals surface area contributed by atoms with Gasteiger partial charge in [-0.05, 0) is 30.2 Å². The van der Waals surface area contributed by atoms with Crippen LogP contribution in [-0.4, -0.2) is 16.1 Å². The number of nitrogens with two attached hydrogens (primary N) is 1. The number of oxime groups is 1. The first-order valence-electron chi connectivity index (χ1n) is 4.09. The summed E-state index contributed by atoms with van der Waals surface area (Å²) < 4.78 is 0. The lowest BCUT2D eigenvalue weighted by atomic mass is 10.1. The first-order valence-corrected chi connectivity index (χ1v) is 4.09. The van der Waals surface area contributed by atoms with Crippen molar-refractivity contribution in [2.45, 2.75) is 6.42 Å². The number of hydrogen-bond donors (Lipinski definition) is 3. The van der Waals surface area contributed by atoms with Gasteiger partial charge in [0.2, 0.25) is 0 Å². The van der Waals surface area contributed by atoms with Crippen molar-refractivity contribution in [3.8, 4) is 5.75 Å². The van der Waals surface area contributed by atoms with Crippen LogP contribution in [0.2, 0.25) is 0 Å². The summed E-state index contributed by atoms with van der Waals surface area (Å²) in [6, 6.07) is 4.75. The standard InChI is InChI=1S/C10H12N2O2/c1-2-3-7-6-8(10(11)12-14)4-5-9(7)13/h2,4-6,13-14H,1,3H2,(H2,11,12). The minimum absolute atomic E-state index is 0.0234. The van der Waals surface area contributed by atoms with Gasteiger partial charge in [-0.15, -0.1) is 6.58 Å². The minimum atomic E-state index is 0.0234. The van der Waals surface area contributed by atoms with Crippen molar-refractivity contribution >= 4 is 5.84 Å². The summed E-state index contributed by atoms with van der Waals surface area (Å²) >= 11 is 0. The van der Waals surface area contributed by atoms with Gasteiger partial charge < -0.3 is 16.0 Å². The maximum Gasteiger partial charge on any atom is 0.170 e. The molecule has 0 atom stereocenters. The molecule has 0 bridgehead atoms. The van der Waals surface area contributed by atoms with Crippen LogP contribution in [0.5, 0.6) is 5.75 Å². The highest BCUT2D eigenvalue weighted by molar-refractivity contribution is 5.97. The number of nitrogens with zero attached hydrogens (tertiary/aromatic N) is 1. The molecule has 1 aromatic carbocycles. The van der Waals surface area contributed by atoms with E-state index >= 15 is 0 Å². The van der Waals surface area contributed by atoms with Crippen LogP contribution in [0, 0.1) is 0 Å². The van der Waals surface area contributed by atoms with E-state index in [2.05, 4.69) is 11.7 Å². The van der Waals surface area contributed by atoms with Crippen molar-refractivity contribution in [1.29, 1.82) is 0 Å². The highest BCUT2D eigenvalue weighted by Gasteiger charge is 2.04. The second-order valence-electron chi connectivity index (χ2n) is 2.82. The third kappa shape index (κ3) is 2.04. The molecule has 0 heterocycles. The van der Waals surface area contributed by atoms with Gasteiger partial charge in [-0.3, -0.25) is 0 Å². The lowest BCUT2D eigenvalue weighted by Crippen LogP contribution is -2.13. The second-order valence-corrected chi connectivity index (χ2v) is 2.82. The van der Waals surface area contributed by atoms with Gasteiger partial charge >= 0.3 is 0 Å². The summed E-state index contributed by atoms with van der Waals surface area (Å²) in [6.07, 6.45) is 2.21. The van der Waals surface area contributed by atoms with Gasteiger partial charge in [-0.1, -0.05) is 11.2 Å². The highest BCUT2D eigenvalue weighted by Crippen LogP contribution is 2.19. The van der Waals surface area contributed by atoms with Crippen LogP contribution < -0.4 is 5.73 Å². The molecule has 4 N–H and O–H groups in total. The molecular weight excluding hydrogens is 180 g/mol. The Hall–Kier alpha value is -1.97. The number of phenolic OH excluding ortho intramolecular Hbond substituents is 1. The molecular formula is C10H12N2O2. The quantitative estimate of drug-likeness (QED) is 0.221. The molecule has 0 aliphatic heterocycles. The third-order valence-electron chi connectivity index (χ3n) is 1.85.